The number of amides is 2. The van der Waals surface area contributed by atoms with E-state index in [1.165, 1.54) is 0 Å². The Kier molecular flexibility index (Phi) is 6.11. The second kappa shape index (κ2) is 9.35. The number of fused-ring (bicyclic) bond motifs is 2. The fourth-order valence-electron chi connectivity index (χ4n) is 4.46. The van der Waals surface area contributed by atoms with Crippen molar-refractivity contribution in [3.05, 3.63) is 71.4 Å². The normalized spacial score (nSPS) is 13.2. The minimum absolute atomic E-state index is 0.0630. The Morgan fingerprint density at radius 3 is 2.68 bits per heavy atom. The fraction of sp³-hybridized carbons (Fsp3) is 0.269. The molecular formula is C26H26ClN5O2. The molecule has 0 atom stereocenters. The van der Waals surface area contributed by atoms with Gasteiger partial charge in [-0.2, -0.15) is 5.10 Å². The predicted molar refractivity (Wildman–Crippen MR) is 134 cm³/mol. The van der Waals surface area contributed by atoms with E-state index < -0.39 is 0 Å². The van der Waals surface area contributed by atoms with Gasteiger partial charge in [0.1, 0.15) is 5.82 Å². The van der Waals surface area contributed by atoms with E-state index in [1.54, 1.807) is 17.0 Å². The summed E-state index contributed by atoms with van der Waals surface area (Å²) in [5.74, 6) is 0.581. The van der Waals surface area contributed by atoms with Gasteiger partial charge in [-0.15, -0.1) is 0 Å². The van der Waals surface area contributed by atoms with Crippen molar-refractivity contribution in [2.75, 3.05) is 11.4 Å². The molecule has 0 saturated carbocycles. The van der Waals surface area contributed by atoms with Crippen LogP contribution in [0.25, 0.3) is 22.2 Å². The molecular weight excluding hydrogens is 450 g/mol. The lowest BCUT2D eigenvalue weighted by Gasteiger charge is -2.27. The summed E-state index contributed by atoms with van der Waals surface area (Å²) >= 11 is 5.90. The summed E-state index contributed by atoms with van der Waals surface area (Å²) < 4.78 is 3.99. The van der Waals surface area contributed by atoms with Crippen LogP contribution in [0.2, 0.25) is 5.02 Å². The zero-order valence-corrected chi connectivity index (χ0v) is 19.8. The van der Waals surface area contributed by atoms with Gasteiger partial charge in [0.2, 0.25) is 11.8 Å². The maximum absolute atomic E-state index is 13.0. The molecule has 0 bridgehead atoms. The third kappa shape index (κ3) is 4.43. The molecule has 0 spiro atoms. The van der Waals surface area contributed by atoms with Crippen LogP contribution >= 0.6 is 11.6 Å². The Labute approximate surface area is 202 Å². The molecule has 8 heteroatoms. The van der Waals surface area contributed by atoms with Crippen molar-refractivity contribution in [1.82, 2.24) is 19.7 Å². The second-order valence-electron chi connectivity index (χ2n) is 8.58. The van der Waals surface area contributed by atoms with Crippen molar-refractivity contribution < 1.29 is 9.59 Å². The molecule has 174 valence electrons. The Morgan fingerprint density at radius 1 is 1.06 bits per heavy atom. The first-order chi connectivity index (χ1) is 16.5. The molecule has 5 rings (SSSR count). The number of hydrogen-bond acceptors (Lipinski definition) is 3. The highest BCUT2D eigenvalue weighted by atomic mass is 35.5. The van der Waals surface area contributed by atoms with Gasteiger partial charge in [-0.25, -0.2) is 4.68 Å². The highest BCUT2D eigenvalue weighted by molar-refractivity contribution is 6.30. The molecule has 2 aromatic heterocycles. The lowest BCUT2D eigenvalue weighted by atomic mass is 10.1. The third-order valence-corrected chi connectivity index (χ3v) is 6.48. The molecule has 7 nitrogen and oxygen atoms in total. The highest BCUT2D eigenvalue weighted by Crippen LogP contribution is 2.33. The van der Waals surface area contributed by atoms with Crippen LogP contribution < -0.4 is 10.2 Å². The van der Waals surface area contributed by atoms with Gasteiger partial charge in [0.05, 0.1) is 5.69 Å². The zero-order valence-electron chi connectivity index (χ0n) is 19.0. The number of anilines is 1. The van der Waals surface area contributed by atoms with Crippen molar-refractivity contribution in [1.29, 1.82) is 0 Å². The van der Waals surface area contributed by atoms with E-state index in [0.717, 1.165) is 46.5 Å². The van der Waals surface area contributed by atoms with E-state index >= 15 is 0 Å². The Balaban J connectivity index is 1.26. The van der Waals surface area contributed by atoms with Crippen LogP contribution in [0.1, 0.15) is 24.8 Å². The van der Waals surface area contributed by atoms with E-state index in [-0.39, 0.29) is 24.7 Å². The summed E-state index contributed by atoms with van der Waals surface area (Å²) in [5.41, 5.74) is 4.01. The number of carbonyl (C=O) groups is 2. The molecule has 0 aliphatic carbocycles. The number of aryl methyl sites for hydroxylation is 2. The molecule has 34 heavy (non-hydrogen) atoms. The number of nitrogens with zero attached hydrogens (tertiary/aromatic N) is 4. The van der Waals surface area contributed by atoms with Gasteiger partial charge in [0.15, 0.2) is 0 Å². The summed E-state index contributed by atoms with van der Waals surface area (Å²) in [6, 6.07) is 17.5. The Morgan fingerprint density at radius 2 is 1.85 bits per heavy atom. The quantitative estimate of drug-likeness (QED) is 0.445. The maximum Gasteiger partial charge on any atom is 0.228 e. The van der Waals surface area contributed by atoms with Crippen molar-refractivity contribution in [3.8, 4) is 11.3 Å². The summed E-state index contributed by atoms with van der Waals surface area (Å²) in [4.78, 5) is 27.1. The Hall–Kier alpha value is -3.58. The van der Waals surface area contributed by atoms with E-state index in [2.05, 4.69) is 28.2 Å². The topological polar surface area (TPSA) is 72.2 Å². The first-order valence-corrected chi connectivity index (χ1v) is 11.8. The van der Waals surface area contributed by atoms with Gasteiger partial charge in [-0.3, -0.25) is 14.5 Å². The van der Waals surface area contributed by atoms with Gasteiger partial charge in [-0.1, -0.05) is 41.9 Å². The second-order valence-corrected chi connectivity index (χ2v) is 9.02. The van der Waals surface area contributed by atoms with Crippen LogP contribution in [0.4, 0.5) is 5.82 Å². The van der Waals surface area contributed by atoms with Crippen LogP contribution in [-0.4, -0.2) is 32.7 Å². The molecule has 3 heterocycles. The molecule has 0 saturated heterocycles. The van der Waals surface area contributed by atoms with Crippen LogP contribution in [-0.2, 0) is 29.7 Å². The minimum Gasteiger partial charge on any atom is -0.352 e. The number of halogens is 1. The van der Waals surface area contributed by atoms with Crippen LogP contribution in [0, 0.1) is 0 Å². The number of nitrogens with one attached hydrogen (secondary N) is 1. The van der Waals surface area contributed by atoms with E-state index in [1.807, 2.05) is 42.1 Å². The standard InChI is InChI=1S/C26H26ClN5O2/c1-30-17-21(20-5-2-3-6-23(20)30)22-15-25-31(13-4-14-32(25)29-22)26(34)12-11-24(33)28-16-18-7-9-19(27)10-8-18/h2-3,5-10,15,17H,4,11-14,16H2,1H3,(H,28,33). The predicted octanol–water partition coefficient (Wildman–Crippen LogP) is 4.53. The van der Waals surface area contributed by atoms with Gasteiger partial charge in [0, 0.05) is 73.3 Å². The summed E-state index contributed by atoms with van der Waals surface area (Å²) in [6.45, 7) is 1.81. The molecule has 0 unspecified atom stereocenters. The molecule has 1 aliphatic heterocycles. The lowest BCUT2D eigenvalue weighted by Crippen LogP contribution is -2.38. The highest BCUT2D eigenvalue weighted by Gasteiger charge is 2.26. The van der Waals surface area contributed by atoms with Crippen LogP contribution in [0.5, 0.6) is 0 Å². The SMILES string of the molecule is Cn1cc(-c2cc3n(n2)CCCN3C(=O)CCC(=O)NCc2ccc(Cl)cc2)c2ccccc21. The van der Waals surface area contributed by atoms with Gasteiger partial charge < -0.3 is 9.88 Å². The summed E-state index contributed by atoms with van der Waals surface area (Å²) in [7, 11) is 2.02. The molecule has 0 fully saturated rings. The third-order valence-electron chi connectivity index (χ3n) is 6.23. The molecule has 4 aromatic rings. The maximum atomic E-state index is 13.0. The zero-order chi connectivity index (χ0) is 23.7. The smallest absolute Gasteiger partial charge is 0.228 e. The number of para-hydroxylation sites is 1. The van der Waals surface area contributed by atoms with E-state index in [4.69, 9.17) is 16.7 Å². The van der Waals surface area contributed by atoms with Gasteiger partial charge in [0.25, 0.3) is 0 Å². The number of rotatable bonds is 6. The molecule has 2 aromatic carbocycles. The molecule has 1 aliphatic rings. The fourth-order valence-corrected chi connectivity index (χ4v) is 4.58. The summed E-state index contributed by atoms with van der Waals surface area (Å²) in [5, 5.41) is 9.46. The monoisotopic (exact) mass is 475 g/mol. The van der Waals surface area contributed by atoms with E-state index in [9.17, 15) is 9.59 Å². The Bertz CT molecular complexity index is 1360. The number of aromatic nitrogens is 3. The van der Waals surface area contributed by atoms with Crippen molar-refractivity contribution >= 4 is 40.1 Å². The first-order valence-electron chi connectivity index (χ1n) is 11.4. The average Bonchev–Trinajstić information content (AvgIpc) is 3.43. The average molecular weight is 476 g/mol. The molecule has 2 amide bonds. The van der Waals surface area contributed by atoms with Crippen molar-refractivity contribution in [2.45, 2.75) is 32.4 Å². The van der Waals surface area contributed by atoms with Gasteiger partial charge >= 0.3 is 0 Å². The molecule has 1 N–H and O–H groups in total. The van der Waals surface area contributed by atoms with Gasteiger partial charge in [-0.05, 0) is 30.2 Å². The van der Waals surface area contributed by atoms with E-state index in [0.29, 0.717) is 18.1 Å². The minimum atomic E-state index is -0.148. The number of carbonyl (C=O) groups excluding carboxylic acids is 2. The first kappa shape index (κ1) is 22.2. The van der Waals surface area contributed by atoms with Crippen LogP contribution in [0.15, 0.2) is 60.8 Å². The summed E-state index contributed by atoms with van der Waals surface area (Å²) in [6.07, 6.45) is 3.21. The number of benzene rings is 2. The van der Waals surface area contributed by atoms with Crippen molar-refractivity contribution in [3.63, 3.8) is 0 Å². The van der Waals surface area contributed by atoms with Crippen LogP contribution in [0.3, 0.4) is 0 Å². The van der Waals surface area contributed by atoms with Crippen molar-refractivity contribution in [2.24, 2.45) is 7.05 Å². The lowest BCUT2D eigenvalue weighted by molar-refractivity contribution is -0.125. The largest absolute Gasteiger partial charge is 0.352 e. The molecule has 0 radical (unpaired) electrons. The number of hydrogen-bond donors (Lipinski definition) is 1.